The number of likely N-dealkylation sites (N-methyl/N-ethyl adjacent to an activating group) is 1. The van der Waals surface area contributed by atoms with Gasteiger partial charge in [-0.25, -0.2) is 9.97 Å². The van der Waals surface area contributed by atoms with Gasteiger partial charge in [-0.3, -0.25) is 14.4 Å². The second-order valence-electron chi connectivity index (χ2n) is 14.7. The molecule has 0 saturated carbocycles. The van der Waals surface area contributed by atoms with Gasteiger partial charge < -0.3 is 29.3 Å². The van der Waals surface area contributed by atoms with E-state index in [2.05, 4.69) is 27.2 Å². The molecule has 0 spiro atoms. The molecule has 1 saturated heterocycles. The number of hydrogen-bond donors (Lipinski definition) is 1. The van der Waals surface area contributed by atoms with Crippen LogP contribution in [0.25, 0.3) is 16.5 Å². The average Bonchev–Trinajstić information content (AvgIpc) is 3.87. The number of fused-ring (bicyclic) bond motifs is 2. The number of ether oxygens (including phenoxy) is 1. The Bertz CT molecular complexity index is 2660. The van der Waals surface area contributed by atoms with E-state index in [1.165, 1.54) is 21.3 Å². The molecule has 6 aromatic rings. The van der Waals surface area contributed by atoms with Gasteiger partial charge in [-0.15, -0.1) is 16.4 Å². The molecule has 1 N–H and O–H groups in total. The summed E-state index contributed by atoms with van der Waals surface area (Å²) in [6.07, 6.45) is -2.11. The van der Waals surface area contributed by atoms with Gasteiger partial charge in [0.15, 0.2) is 17.3 Å². The minimum absolute atomic E-state index is 0.00501. The van der Waals surface area contributed by atoms with Crippen LogP contribution in [-0.2, 0) is 43.5 Å². The van der Waals surface area contributed by atoms with E-state index in [1.807, 2.05) is 48.2 Å². The van der Waals surface area contributed by atoms with Crippen molar-refractivity contribution in [3.63, 3.8) is 0 Å². The van der Waals surface area contributed by atoms with Crippen LogP contribution in [0.2, 0.25) is 5.02 Å². The molecule has 4 aromatic heterocycles. The first-order valence-corrected chi connectivity index (χ1v) is 20.5. The lowest BCUT2D eigenvalue weighted by atomic mass is 10.1. The lowest BCUT2D eigenvalue weighted by Gasteiger charge is -2.36. The molecule has 8 rings (SSSR count). The first kappa shape index (κ1) is 40.9. The minimum atomic E-state index is -4.61. The number of amides is 2. The summed E-state index contributed by atoms with van der Waals surface area (Å²) >= 11 is 7.75. The summed E-state index contributed by atoms with van der Waals surface area (Å²) in [5.41, 5.74) is 2.18. The topological polar surface area (TPSA) is 143 Å². The van der Waals surface area contributed by atoms with E-state index in [1.54, 1.807) is 27.7 Å². The van der Waals surface area contributed by atoms with E-state index < -0.39 is 23.2 Å². The molecule has 0 unspecified atom stereocenters. The van der Waals surface area contributed by atoms with Crippen LogP contribution in [0.1, 0.15) is 50.4 Å². The number of anilines is 2. The summed E-state index contributed by atoms with van der Waals surface area (Å²) in [7, 11) is 2.06. The third-order valence-electron chi connectivity index (χ3n) is 10.6. The molecule has 312 valence electrons. The zero-order valence-corrected chi connectivity index (χ0v) is 34.5. The number of piperazine rings is 1. The Morgan fingerprint density at radius 1 is 1.02 bits per heavy atom. The second kappa shape index (κ2) is 16.7. The zero-order valence-electron chi connectivity index (χ0n) is 32.9. The number of carbonyl (C=O) groups is 2. The molecule has 1 fully saturated rings. The van der Waals surface area contributed by atoms with Crippen molar-refractivity contribution in [2.75, 3.05) is 50.0 Å². The lowest BCUT2D eigenvalue weighted by molar-refractivity contribution is -0.137. The maximum atomic E-state index is 14.6. The Labute approximate surface area is 351 Å². The number of hydrogen-bond acceptors (Lipinski definition) is 11. The SMILES string of the molecule is CCc1c(N2CCN(C(=O)c3ncnc(C)c3OCc3ccccc3)CC2)c(=O)n2nc(-c3cc4c(s3)CN(C)CC4)nc2n1CC(=O)Nc1ccc(C(F)(F)F)cc1Cl. The van der Waals surface area contributed by atoms with Gasteiger partial charge in [-0.1, -0.05) is 48.9 Å². The number of benzene rings is 2. The van der Waals surface area contributed by atoms with Crippen molar-refractivity contribution >= 4 is 51.9 Å². The summed E-state index contributed by atoms with van der Waals surface area (Å²) in [4.78, 5) is 63.4. The van der Waals surface area contributed by atoms with Crippen molar-refractivity contribution in [2.45, 2.75) is 52.6 Å². The highest BCUT2D eigenvalue weighted by Crippen LogP contribution is 2.35. The van der Waals surface area contributed by atoms with Crippen LogP contribution in [0.15, 0.2) is 65.7 Å². The number of carbonyl (C=O) groups excluding carboxylic acids is 2. The molecule has 0 atom stereocenters. The molecule has 19 heteroatoms. The van der Waals surface area contributed by atoms with Gasteiger partial charge in [-0.05, 0) is 62.2 Å². The Morgan fingerprint density at radius 2 is 1.78 bits per heavy atom. The molecule has 2 aliphatic rings. The van der Waals surface area contributed by atoms with Crippen molar-refractivity contribution < 1.29 is 27.5 Å². The van der Waals surface area contributed by atoms with Crippen molar-refractivity contribution in [1.82, 2.24) is 38.9 Å². The van der Waals surface area contributed by atoms with E-state index in [9.17, 15) is 27.6 Å². The highest BCUT2D eigenvalue weighted by molar-refractivity contribution is 7.15. The van der Waals surface area contributed by atoms with Gasteiger partial charge in [0.05, 0.1) is 32.5 Å². The number of nitrogens with zero attached hydrogens (tertiary/aromatic N) is 9. The number of aromatic nitrogens is 6. The number of alkyl halides is 3. The molecule has 2 aliphatic heterocycles. The largest absolute Gasteiger partial charge is 0.485 e. The van der Waals surface area contributed by atoms with E-state index in [4.69, 9.17) is 26.4 Å². The summed E-state index contributed by atoms with van der Waals surface area (Å²) in [5, 5.41) is 7.05. The molecule has 14 nitrogen and oxygen atoms in total. The monoisotopic (exact) mass is 860 g/mol. The fourth-order valence-corrected chi connectivity index (χ4v) is 8.97. The molecular formula is C41H40ClF3N10O4S. The first-order chi connectivity index (χ1) is 28.8. The Morgan fingerprint density at radius 3 is 2.50 bits per heavy atom. The predicted octanol–water partition coefficient (Wildman–Crippen LogP) is 6.12. The predicted molar refractivity (Wildman–Crippen MR) is 221 cm³/mol. The van der Waals surface area contributed by atoms with Gasteiger partial charge in [0.25, 0.3) is 11.5 Å². The Kier molecular flexibility index (Phi) is 11.4. The van der Waals surface area contributed by atoms with Crippen LogP contribution in [0, 0.1) is 6.92 Å². The van der Waals surface area contributed by atoms with Crippen LogP contribution >= 0.6 is 22.9 Å². The summed E-state index contributed by atoms with van der Waals surface area (Å²) in [6, 6.07) is 14.3. The van der Waals surface area contributed by atoms with E-state index in [0.29, 0.717) is 35.1 Å². The maximum absolute atomic E-state index is 14.6. The molecule has 0 radical (unpaired) electrons. The van der Waals surface area contributed by atoms with Gasteiger partial charge in [0.1, 0.15) is 25.2 Å². The number of nitrogens with one attached hydrogen (secondary N) is 1. The third-order valence-corrected chi connectivity index (χ3v) is 12.1. The quantitative estimate of drug-likeness (QED) is 0.171. The smallest absolute Gasteiger partial charge is 0.416 e. The summed E-state index contributed by atoms with van der Waals surface area (Å²) in [5.74, 6) is -0.191. The van der Waals surface area contributed by atoms with Gasteiger partial charge in [0, 0.05) is 44.1 Å². The number of thiophene rings is 1. The Balaban J connectivity index is 1.11. The molecule has 0 aliphatic carbocycles. The number of aryl methyl sites for hydroxylation is 1. The number of rotatable bonds is 10. The highest BCUT2D eigenvalue weighted by atomic mass is 35.5. The zero-order chi connectivity index (χ0) is 42.3. The molecule has 6 heterocycles. The standard InChI is InChI=1S/C41H40ClF3N10O4S/c1-4-30-35(52-14-16-53(17-15-52)38(57)34-36(24(2)46-23-47-34)59-22-25-8-6-5-7-9-25)39(58)55-40(49-37(50-55)31-18-26-12-13-51(3)20-32(26)60-31)54(30)21-33(56)48-29-11-10-27(19-28(29)42)41(43,44)45/h5-11,18-19,23H,4,12-17,20-22H2,1-3H3,(H,48,56). The van der Waals surface area contributed by atoms with Crippen LogP contribution in [-0.4, -0.2) is 90.5 Å². The number of halogens is 4. The van der Waals surface area contributed by atoms with E-state index >= 15 is 0 Å². The second-order valence-corrected chi connectivity index (χ2v) is 16.2. The average molecular weight is 861 g/mol. The van der Waals surface area contributed by atoms with Gasteiger partial charge in [-0.2, -0.15) is 22.7 Å². The van der Waals surface area contributed by atoms with Crippen LogP contribution in [0.4, 0.5) is 24.5 Å². The van der Waals surface area contributed by atoms with Crippen LogP contribution in [0.5, 0.6) is 5.75 Å². The fraction of sp³-hybridized carbons (Fsp3) is 0.341. The van der Waals surface area contributed by atoms with Crippen LogP contribution < -0.4 is 20.5 Å². The minimum Gasteiger partial charge on any atom is -0.485 e. The van der Waals surface area contributed by atoms with E-state index in [-0.39, 0.29) is 67.4 Å². The molecule has 2 amide bonds. The molecule has 60 heavy (non-hydrogen) atoms. The maximum Gasteiger partial charge on any atom is 0.416 e. The lowest BCUT2D eigenvalue weighted by Crippen LogP contribution is -2.51. The molecular weight excluding hydrogens is 821 g/mol. The van der Waals surface area contributed by atoms with Gasteiger partial charge in [0.2, 0.25) is 11.7 Å². The van der Waals surface area contributed by atoms with Crippen molar-refractivity contribution in [2.24, 2.45) is 0 Å². The van der Waals surface area contributed by atoms with Crippen molar-refractivity contribution in [3.8, 4) is 16.5 Å². The van der Waals surface area contributed by atoms with Crippen molar-refractivity contribution in [1.29, 1.82) is 0 Å². The Hall–Kier alpha value is -5.85. The first-order valence-electron chi connectivity index (χ1n) is 19.3. The van der Waals surface area contributed by atoms with Gasteiger partial charge >= 0.3 is 6.18 Å². The highest BCUT2D eigenvalue weighted by Gasteiger charge is 2.33. The van der Waals surface area contributed by atoms with E-state index in [0.717, 1.165) is 48.2 Å². The summed E-state index contributed by atoms with van der Waals surface area (Å²) < 4.78 is 48.9. The molecule has 0 bridgehead atoms. The third kappa shape index (κ3) is 8.18. The fourth-order valence-electron chi connectivity index (χ4n) is 7.52. The summed E-state index contributed by atoms with van der Waals surface area (Å²) in [6.45, 7) is 6.18. The van der Waals surface area contributed by atoms with Crippen molar-refractivity contribution in [3.05, 3.63) is 115 Å². The molecule has 2 aromatic carbocycles. The van der Waals surface area contributed by atoms with Crippen LogP contribution in [0.3, 0.4) is 0 Å². The normalized spacial score (nSPS) is 14.7.